The Morgan fingerprint density at radius 3 is 1.20 bits per heavy atom. The van der Waals surface area contributed by atoms with Gasteiger partial charge >= 0.3 is 0 Å². The summed E-state index contributed by atoms with van der Waals surface area (Å²) in [5, 5.41) is 8.40. The summed E-state index contributed by atoms with van der Waals surface area (Å²) in [6.07, 6.45) is 0. The first-order chi connectivity index (χ1) is 45.5. The van der Waals surface area contributed by atoms with Crippen molar-refractivity contribution in [3.8, 4) is 67.1 Å². The van der Waals surface area contributed by atoms with Crippen molar-refractivity contribution in [1.82, 2.24) is 0 Å². The molecule has 15 aromatic rings. The number of nitrogens with one attached hydrogen (secondary N) is 1. The first-order valence-electron chi connectivity index (χ1n) is 32.1. The van der Waals surface area contributed by atoms with E-state index in [0.29, 0.717) is 0 Å². The standard InChI is InChI=1S/C64H39NO.C26H20/c1-3-16-45-39(14-1)30-35-58-61(45)66-62-46-17-4-2-15-40(46)31-36-59(62)64(58)55-26-12-8-21-50(55)60-44(22-13-27-57(60)64)41-28-32-42(33-29-41)65-43-34-37-56-51(38-43)49-20-7-11-25-54(49)63(56)52-23-9-5-18-47(52)48-19-6-10-24-53(48)63;1-19-16-17-25-23(18-19)22-14-8-9-15-24(22)26(25,20-10-4-2-5-11-20)21-12-6-3-7-13-21/h1-38,65H;2-18H,1H3. The van der Waals surface area contributed by atoms with Gasteiger partial charge in [-0.05, 0) is 153 Å². The van der Waals surface area contributed by atoms with Crippen LogP contribution in [0.2, 0.25) is 0 Å². The van der Waals surface area contributed by atoms with Gasteiger partial charge in [-0.1, -0.05) is 315 Å². The average Bonchev–Trinajstić information content (AvgIpc) is 1.59. The normalized spacial score (nSPS) is 14.3. The lowest BCUT2D eigenvalue weighted by molar-refractivity contribution is 0.447. The molecule has 0 amide bonds. The first-order valence-corrected chi connectivity index (χ1v) is 32.1. The van der Waals surface area contributed by atoms with E-state index in [1.165, 1.54) is 139 Å². The summed E-state index contributed by atoms with van der Waals surface area (Å²) in [7, 11) is 0. The van der Waals surface area contributed by atoms with E-state index in [-0.39, 0.29) is 10.8 Å². The van der Waals surface area contributed by atoms with E-state index >= 15 is 0 Å². The predicted octanol–water partition coefficient (Wildman–Crippen LogP) is 22.6. The molecule has 0 unspecified atom stereocenters. The molecular formula is C90H59NO. The molecule has 1 N–H and O–H groups in total. The van der Waals surface area contributed by atoms with Crippen LogP contribution in [0.5, 0.6) is 11.5 Å². The summed E-state index contributed by atoms with van der Waals surface area (Å²) in [5.41, 5.74) is 30.8. The van der Waals surface area contributed by atoms with Crippen LogP contribution in [0.25, 0.3) is 77.2 Å². The highest BCUT2D eigenvalue weighted by Crippen LogP contribution is 2.66. The molecule has 0 saturated carbocycles. The summed E-state index contributed by atoms with van der Waals surface area (Å²) in [6, 6.07) is 123. The highest BCUT2D eigenvalue weighted by molar-refractivity contribution is 6.03. The second-order valence-electron chi connectivity index (χ2n) is 25.4. The molecule has 4 aliphatic carbocycles. The van der Waals surface area contributed by atoms with Gasteiger partial charge in [0.15, 0.2) is 0 Å². The van der Waals surface area contributed by atoms with E-state index in [0.717, 1.165) is 33.6 Å². The molecule has 0 atom stereocenters. The van der Waals surface area contributed by atoms with E-state index in [4.69, 9.17) is 4.74 Å². The number of aryl methyl sites for hydroxylation is 1. The van der Waals surface area contributed by atoms with Crippen LogP contribution in [-0.2, 0) is 16.2 Å². The van der Waals surface area contributed by atoms with Crippen molar-refractivity contribution in [1.29, 1.82) is 0 Å². The number of hydrogen-bond acceptors (Lipinski definition) is 2. The fourth-order valence-corrected chi connectivity index (χ4v) is 17.3. The zero-order valence-corrected chi connectivity index (χ0v) is 50.7. The molecule has 0 fully saturated rings. The van der Waals surface area contributed by atoms with Crippen molar-refractivity contribution < 1.29 is 4.74 Å². The Kier molecular flexibility index (Phi) is 11.4. The minimum atomic E-state index is -0.589. The molecule has 20 rings (SSSR count). The van der Waals surface area contributed by atoms with Crippen LogP contribution in [0.15, 0.2) is 334 Å². The molecule has 1 heterocycles. The van der Waals surface area contributed by atoms with Crippen molar-refractivity contribution >= 4 is 32.9 Å². The monoisotopic (exact) mass is 1170 g/mol. The second-order valence-corrected chi connectivity index (χ2v) is 25.4. The van der Waals surface area contributed by atoms with Gasteiger partial charge in [-0.25, -0.2) is 0 Å². The Labute approximate surface area is 536 Å². The van der Waals surface area contributed by atoms with Gasteiger partial charge in [-0.3, -0.25) is 0 Å². The summed E-state index contributed by atoms with van der Waals surface area (Å²) < 4.78 is 7.18. The number of ether oxygens (including phenoxy) is 1. The molecular weight excluding hydrogens is 1110 g/mol. The van der Waals surface area contributed by atoms with E-state index in [9.17, 15) is 0 Å². The summed E-state index contributed by atoms with van der Waals surface area (Å²) in [5.74, 6) is 1.87. The van der Waals surface area contributed by atoms with Crippen LogP contribution in [0, 0.1) is 6.92 Å². The number of anilines is 2. The molecule has 0 radical (unpaired) electrons. The van der Waals surface area contributed by atoms with Crippen LogP contribution < -0.4 is 10.1 Å². The Hall–Kier alpha value is -11.6. The second kappa shape index (κ2) is 20.0. The predicted molar refractivity (Wildman–Crippen MR) is 379 cm³/mol. The van der Waals surface area contributed by atoms with Gasteiger partial charge in [0.05, 0.1) is 16.2 Å². The summed E-state index contributed by atoms with van der Waals surface area (Å²) >= 11 is 0. The van der Waals surface area contributed by atoms with E-state index < -0.39 is 5.41 Å². The van der Waals surface area contributed by atoms with Crippen molar-refractivity contribution in [3.63, 3.8) is 0 Å². The molecule has 92 heavy (non-hydrogen) atoms. The van der Waals surface area contributed by atoms with Crippen LogP contribution in [0.1, 0.15) is 72.3 Å². The molecule has 5 aliphatic rings. The lowest BCUT2D eigenvalue weighted by atomic mass is 9.65. The molecule has 430 valence electrons. The molecule has 0 bridgehead atoms. The Balaban J connectivity index is 0.000000194. The summed E-state index contributed by atoms with van der Waals surface area (Å²) in [6.45, 7) is 2.17. The van der Waals surface area contributed by atoms with Crippen LogP contribution >= 0.6 is 0 Å². The third-order valence-electron chi connectivity index (χ3n) is 20.9. The number of fused-ring (bicyclic) bond motifs is 26. The molecule has 0 aromatic heterocycles. The fraction of sp³-hybridized carbons (Fsp3) is 0.0444. The zero-order chi connectivity index (χ0) is 60.7. The topological polar surface area (TPSA) is 21.3 Å². The van der Waals surface area contributed by atoms with Crippen molar-refractivity contribution in [2.24, 2.45) is 0 Å². The van der Waals surface area contributed by atoms with E-state index in [1.807, 2.05) is 0 Å². The van der Waals surface area contributed by atoms with Gasteiger partial charge in [0.2, 0.25) is 0 Å². The Bertz CT molecular complexity index is 5370. The lowest BCUT2D eigenvalue weighted by Gasteiger charge is -2.40. The van der Waals surface area contributed by atoms with Gasteiger partial charge in [-0.2, -0.15) is 0 Å². The van der Waals surface area contributed by atoms with Crippen LogP contribution in [0.4, 0.5) is 11.4 Å². The van der Waals surface area contributed by atoms with E-state index in [1.54, 1.807) is 0 Å². The Morgan fingerprint density at radius 1 is 0.250 bits per heavy atom. The van der Waals surface area contributed by atoms with Crippen molar-refractivity contribution in [3.05, 3.63) is 406 Å². The lowest BCUT2D eigenvalue weighted by Crippen LogP contribution is -2.32. The molecule has 2 nitrogen and oxygen atoms in total. The molecule has 0 saturated heterocycles. The molecule has 15 aromatic carbocycles. The van der Waals surface area contributed by atoms with Gasteiger partial charge in [-0.15, -0.1) is 0 Å². The van der Waals surface area contributed by atoms with Crippen molar-refractivity contribution in [2.45, 2.75) is 23.2 Å². The zero-order valence-electron chi connectivity index (χ0n) is 50.7. The highest BCUT2D eigenvalue weighted by Gasteiger charge is 2.54. The average molecular weight is 1170 g/mol. The largest absolute Gasteiger partial charge is 0.455 e. The maximum Gasteiger partial charge on any atom is 0.140 e. The smallest absolute Gasteiger partial charge is 0.140 e. The molecule has 2 spiro atoms. The van der Waals surface area contributed by atoms with Gasteiger partial charge < -0.3 is 10.1 Å². The number of benzene rings is 15. The number of hydrogen-bond donors (Lipinski definition) is 1. The van der Waals surface area contributed by atoms with Gasteiger partial charge in [0, 0.05) is 33.3 Å². The quantitative estimate of drug-likeness (QED) is 0.185. The highest BCUT2D eigenvalue weighted by atomic mass is 16.5. The molecule has 1 aliphatic heterocycles. The third-order valence-corrected chi connectivity index (χ3v) is 20.9. The maximum absolute atomic E-state index is 7.18. The van der Waals surface area contributed by atoms with Crippen LogP contribution in [-0.4, -0.2) is 0 Å². The molecule has 2 heteroatoms. The fourth-order valence-electron chi connectivity index (χ4n) is 17.3. The SMILES string of the molecule is Cc1ccc2c(c1)-c1ccccc1C2(c1ccccc1)c1ccccc1.c1ccc2c(c1)-c1ccccc1C21c2ccccc2-c2cc(Nc3ccc(-c4cccc5c4-c4ccccc4C54c5ccc6ccccc6c5Oc5c4ccc4ccccc54)cc3)ccc21. The van der Waals surface area contributed by atoms with Gasteiger partial charge in [0.25, 0.3) is 0 Å². The minimum Gasteiger partial charge on any atom is -0.455 e. The minimum absolute atomic E-state index is 0.262. The maximum atomic E-state index is 7.18. The van der Waals surface area contributed by atoms with E-state index in [2.05, 4.69) is 346 Å². The van der Waals surface area contributed by atoms with Crippen LogP contribution in [0.3, 0.4) is 0 Å². The summed E-state index contributed by atoms with van der Waals surface area (Å²) in [4.78, 5) is 0. The van der Waals surface area contributed by atoms with Gasteiger partial charge in [0.1, 0.15) is 11.5 Å². The number of rotatable bonds is 5. The van der Waals surface area contributed by atoms with Crippen molar-refractivity contribution in [2.75, 3.05) is 5.32 Å². The Morgan fingerprint density at radius 2 is 0.630 bits per heavy atom. The third kappa shape index (κ3) is 7.09. The first kappa shape index (κ1) is 52.4.